The summed E-state index contributed by atoms with van der Waals surface area (Å²) >= 11 is 0. The van der Waals surface area contributed by atoms with Gasteiger partial charge in [0.05, 0.1) is 5.52 Å². The Morgan fingerprint density at radius 1 is 0.919 bits per heavy atom. The van der Waals surface area contributed by atoms with Gasteiger partial charge in [-0.15, -0.1) is 34.9 Å². The SMILES string of the molecule is CC(C)C(C)(C)C(=O)/C=C(\O)C(C)(C)C(C)C.Cc1[c-]c(-c2cc(C)c3ccccc3n2)cc(C)c1.[Ir]. The summed E-state index contributed by atoms with van der Waals surface area (Å²) in [6.07, 6.45) is 1.42. The van der Waals surface area contributed by atoms with Gasteiger partial charge in [0.1, 0.15) is 5.76 Å². The van der Waals surface area contributed by atoms with E-state index in [1.807, 2.05) is 61.5 Å². The van der Waals surface area contributed by atoms with Crippen LogP contribution in [0.4, 0.5) is 0 Å². The standard InChI is InChI=1S/C18H16N.C15H28O2.Ir/c1-12-8-13(2)10-15(9-12)18-11-14(3)16-6-4-5-7-17(16)19-18;1-10(2)14(5,6)12(16)9-13(17)15(7,8)11(3)4;/h4-9,11H,1-3H3;9-11,16H,1-8H3;/q-1;;/b;12-9-;. The minimum absolute atomic E-state index is 0. The minimum atomic E-state index is -0.430. The van der Waals surface area contributed by atoms with E-state index in [9.17, 15) is 9.90 Å². The van der Waals surface area contributed by atoms with E-state index in [4.69, 9.17) is 4.98 Å². The first kappa shape index (κ1) is 32.7. The van der Waals surface area contributed by atoms with Crippen LogP contribution in [0, 0.1) is 49.5 Å². The Hall–Kier alpha value is -2.29. The van der Waals surface area contributed by atoms with E-state index in [2.05, 4.69) is 63.2 Å². The molecule has 3 rings (SSSR count). The Balaban J connectivity index is 0.000000364. The van der Waals surface area contributed by atoms with E-state index in [0.29, 0.717) is 0 Å². The zero-order valence-corrected chi connectivity index (χ0v) is 26.8. The maximum atomic E-state index is 12.1. The van der Waals surface area contributed by atoms with Crippen LogP contribution in [0.5, 0.6) is 0 Å². The average molecular weight is 679 g/mol. The number of para-hydroxylation sites is 1. The van der Waals surface area contributed by atoms with Crippen molar-refractivity contribution in [3.63, 3.8) is 0 Å². The van der Waals surface area contributed by atoms with Gasteiger partial charge in [0.2, 0.25) is 0 Å². The van der Waals surface area contributed by atoms with E-state index in [1.54, 1.807) is 0 Å². The van der Waals surface area contributed by atoms with Crippen LogP contribution in [0.1, 0.15) is 72.1 Å². The molecule has 0 aliphatic rings. The molecule has 1 heterocycles. The number of ketones is 1. The summed E-state index contributed by atoms with van der Waals surface area (Å²) in [6, 6.07) is 18.1. The summed E-state index contributed by atoms with van der Waals surface area (Å²) in [5.41, 5.74) is 6.00. The number of carbonyl (C=O) groups excluding carboxylic acids is 1. The van der Waals surface area contributed by atoms with Gasteiger partial charge in [-0.05, 0) is 36.1 Å². The number of pyridine rings is 1. The largest absolute Gasteiger partial charge is 0.512 e. The fourth-order valence-electron chi connectivity index (χ4n) is 3.60. The molecule has 2 aromatic carbocycles. The zero-order chi connectivity index (χ0) is 27.4. The molecule has 0 aliphatic heterocycles. The van der Waals surface area contributed by atoms with Crippen LogP contribution in [-0.4, -0.2) is 15.9 Å². The number of allylic oxidation sites excluding steroid dienone is 2. The number of aromatic nitrogens is 1. The molecule has 0 aliphatic carbocycles. The number of aliphatic hydroxyl groups excluding tert-OH is 1. The Kier molecular flexibility index (Phi) is 11.5. The molecule has 203 valence electrons. The topological polar surface area (TPSA) is 50.2 Å². The normalized spacial score (nSPS) is 12.3. The molecule has 3 nitrogen and oxygen atoms in total. The molecule has 0 fully saturated rings. The molecule has 0 saturated heterocycles. The summed E-state index contributed by atoms with van der Waals surface area (Å²) in [7, 11) is 0. The molecule has 3 aromatic rings. The van der Waals surface area contributed by atoms with Crippen molar-refractivity contribution in [1.29, 1.82) is 0 Å². The number of fused-ring (bicyclic) bond motifs is 1. The summed E-state index contributed by atoms with van der Waals surface area (Å²) < 4.78 is 0. The number of aryl methyl sites for hydroxylation is 3. The maximum Gasteiger partial charge on any atom is 0.164 e. The molecule has 0 spiro atoms. The van der Waals surface area contributed by atoms with E-state index in [0.717, 1.165) is 22.3 Å². The third kappa shape index (κ3) is 8.09. The Morgan fingerprint density at radius 3 is 2.03 bits per heavy atom. The predicted octanol–water partition coefficient (Wildman–Crippen LogP) is 8.99. The number of carbonyl (C=O) groups is 1. The first-order chi connectivity index (χ1) is 16.6. The summed E-state index contributed by atoms with van der Waals surface area (Å²) in [5, 5.41) is 11.3. The number of nitrogens with zero attached hydrogens (tertiary/aromatic N) is 1. The second kappa shape index (κ2) is 13.0. The van der Waals surface area contributed by atoms with E-state index in [-0.39, 0.29) is 48.9 Å². The molecule has 0 saturated carbocycles. The fraction of sp³-hybridized carbons (Fsp3) is 0.455. The second-order valence-electron chi connectivity index (χ2n) is 11.7. The van der Waals surface area contributed by atoms with Crippen LogP contribution >= 0.6 is 0 Å². The van der Waals surface area contributed by atoms with E-state index in [1.165, 1.54) is 22.6 Å². The van der Waals surface area contributed by atoms with Gasteiger partial charge in [0.15, 0.2) is 5.78 Å². The minimum Gasteiger partial charge on any atom is -0.512 e. The number of hydrogen-bond acceptors (Lipinski definition) is 3. The van der Waals surface area contributed by atoms with Gasteiger partial charge in [-0.25, -0.2) is 0 Å². The van der Waals surface area contributed by atoms with Crippen molar-refractivity contribution in [2.75, 3.05) is 0 Å². The molecular formula is C33H44IrNO2-. The van der Waals surface area contributed by atoms with Gasteiger partial charge < -0.3 is 5.11 Å². The monoisotopic (exact) mass is 679 g/mol. The molecule has 4 heteroatoms. The first-order valence-electron chi connectivity index (χ1n) is 12.9. The maximum absolute atomic E-state index is 12.1. The van der Waals surface area contributed by atoms with Crippen LogP contribution in [-0.2, 0) is 24.9 Å². The van der Waals surface area contributed by atoms with Crippen LogP contribution < -0.4 is 0 Å². The van der Waals surface area contributed by atoms with E-state index < -0.39 is 5.41 Å². The number of aliphatic hydroxyl groups is 1. The molecule has 0 bridgehead atoms. The molecule has 0 amide bonds. The summed E-state index contributed by atoms with van der Waals surface area (Å²) in [6.45, 7) is 22.2. The van der Waals surface area contributed by atoms with Gasteiger partial charge in [0.25, 0.3) is 0 Å². The molecule has 0 atom stereocenters. The van der Waals surface area contributed by atoms with Crippen molar-refractivity contribution in [3.8, 4) is 11.3 Å². The van der Waals surface area contributed by atoms with Gasteiger partial charge in [0, 0.05) is 42.4 Å². The van der Waals surface area contributed by atoms with Crippen LogP contribution in [0.15, 0.2) is 54.3 Å². The van der Waals surface area contributed by atoms with Gasteiger partial charge in [-0.1, -0.05) is 93.5 Å². The van der Waals surface area contributed by atoms with Crippen LogP contribution in [0.3, 0.4) is 0 Å². The smallest absolute Gasteiger partial charge is 0.164 e. The van der Waals surface area contributed by atoms with Crippen molar-refractivity contribution in [2.24, 2.45) is 22.7 Å². The first-order valence-corrected chi connectivity index (χ1v) is 12.9. The van der Waals surface area contributed by atoms with Crippen molar-refractivity contribution >= 4 is 16.7 Å². The van der Waals surface area contributed by atoms with Crippen molar-refractivity contribution in [3.05, 3.63) is 77.1 Å². The quantitative estimate of drug-likeness (QED) is 0.161. The van der Waals surface area contributed by atoms with Crippen molar-refractivity contribution in [2.45, 2.75) is 76.2 Å². The Labute approximate surface area is 238 Å². The molecular weight excluding hydrogens is 635 g/mol. The third-order valence-electron chi connectivity index (χ3n) is 7.80. The van der Waals surface area contributed by atoms with Gasteiger partial charge in [-0.3, -0.25) is 9.78 Å². The summed E-state index contributed by atoms with van der Waals surface area (Å²) in [5.74, 6) is 0.722. The second-order valence-corrected chi connectivity index (χ2v) is 11.7. The van der Waals surface area contributed by atoms with E-state index >= 15 is 0 Å². The van der Waals surface area contributed by atoms with Crippen LogP contribution in [0.2, 0.25) is 0 Å². The van der Waals surface area contributed by atoms with Gasteiger partial charge >= 0.3 is 0 Å². The fourth-order valence-corrected chi connectivity index (χ4v) is 3.60. The average Bonchev–Trinajstić information content (AvgIpc) is 2.78. The van der Waals surface area contributed by atoms with Gasteiger partial charge in [-0.2, -0.15) is 0 Å². The predicted molar refractivity (Wildman–Crippen MR) is 153 cm³/mol. The van der Waals surface area contributed by atoms with Crippen molar-refractivity contribution in [1.82, 2.24) is 4.98 Å². The van der Waals surface area contributed by atoms with Crippen molar-refractivity contribution < 1.29 is 30.0 Å². The zero-order valence-electron chi connectivity index (χ0n) is 24.4. The Bertz CT molecular complexity index is 1230. The Morgan fingerprint density at radius 2 is 1.49 bits per heavy atom. The number of benzene rings is 2. The van der Waals surface area contributed by atoms with Crippen LogP contribution in [0.25, 0.3) is 22.2 Å². The molecule has 1 radical (unpaired) electrons. The molecule has 1 aromatic heterocycles. The third-order valence-corrected chi connectivity index (χ3v) is 7.80. The molecule has 37 heavy (non-hydrogen) atoms. The number of hydrogen-bond donors (Lipinski definition) is 1. The molecule has 1 N–H and O–H groups in total. The number of rotatable bonds is 6. The summed E-state index contributed by atoms with van der Waals surface area (Å²) in [4.78, 5) is 16.9. The molecule has 0 unspecified atom stereocenters.